The predicted molar refractivity (Wildman–Crippen MR) is 125 cm³/mol. The summed E-state index contributed by atoms with van der Waals surface area (Å²) in [5, 5.41) is 5.04. The number of pyridine rings is 1. The van der Waals surface area contributed by atoms with Crippen molar-refractivity contribution in [2.45, 2.75) is 18.5 Å². The first-order valence-corrected chi connectivity index (χ1v) is 10.8. The molecule has 0 aliphatic carbocycles. The Morgan fingerprint density at radius 2 is 2.06 bits per heavy atom. The smallest absolute Gasteiger partial charge is 0.307 e. The molecular weight excluding hydrogens is 455 g/mol. The monoisotopic (exact) mass is 474 g/mol. The maximum atomic E-state index is 11.8. The quantitative estimate of drug-likeness (QED) is 0.412. The largest absolute Gasteiger partial charge is 0.469 e. The molecule has 0 amide bonds. The van der Waals surface area contributed by atoms with Gasteiger partial charge in [0.05, 0.1) is 42.0 Å². The third kappa shape index (κ3) is 4.39. The van der Waals surface area contributed by atoms with E-state index in [1.165, 1.54) is 7.11 Å². The number of nitrogens with zero attached hydrogens (tertiary/aromatic N) is 3. The van der Waals surface area contributed by atoms with Gasteiger partial charge in [0, 0.05) is 29.7 Å². The molecule has 1 aliphatic rings. The zero-order valence-corrected chi connectivity index (χ0v) is 19.0. The van der Waals surface area contributed by atoms with E-state index in [4.69, 9.17) is 40.2 Å². The van der Waals surface area contributed by atoms with Gasteiger partial charge in [0.2, 0.25) is 0 Å². The number of nitrogens with one attached hydrogen (secondary N) is 1. The Morgan fingerprint density at radius 1 is 1.23 bits per heavy atom. The highest BCUT2D eigenvalue weighted by atomic mass is 35.5. The maximum absolute atomic E-state index is 11.8. The number of ether oxygens (including phenoxy) is 1. The molecule has 1 fully saturated rings. The molecule has 0 bridgehead atoms. The van der Waals surface area contributed by atoms with Crippen molar-refractivity contribution in [3.8, 4) is 5.69 Å². The number of methoxy groups -OCH3 is 1. The lowest BCUT2D eigenvalue weighted by Crippen LogP contribution is -2.32. The van der Waals surface area contributed by atoms with E-state index in [0.717, 1.165) is 17.1 Å². The van der Waals surface area contributed by atoms with Crippen molar-refractivity contribution in [3.63, 3.8) is 0 Å². The highest BCUT2D eigenvalue weighted by Crippen LogP contribution is 2.40. The molecule has 0 unspecified atom stereocenters. The minimum atomic E-state index is -0.293. The summed E-state index contributed by atoms with van der Waals surface area (Å²) < 4.78 is 6.84. The molecular formula is C22H20Cl2N4O2S. The summed E-state index contributed by atoms with van der Waals surface area (Å²) in [6.07, 6.45) is 3.91. The third-order valence-electron chi connectivity index (χ3n) is 5.23. The van der Waals surface area contributed by atoms with E-state index in [9.17, 15) is 4.79 Å². The Kier molecular flexibility index (Phi) is 6.46. The first-order chi connectivity index (χ1) is 15.0. The first kappa shape index (κ1) is 21.6. The van der Waals surface area contributed by atoms with Crippen LogP contribution in [0.3, 0.4) is 0 Å². The van der Waals surface area contributed by atoms with E-state index in [1.54, 1.807) is 18.3 Å². The Hall–Kier alpha value is -2.61. The summed E-state index contributed by atoms with van der Waals surface area (Å²) in [5.41, 5.74) is 2.61. The topological polar surface area (TPSA) is 59.4 Å². The van der Waals surface area contributed by atoms with Crippen molar-refractivity contribution in [1.82, 2.24) is 19.8 Å². The van der Waals surface area contributed by atoms with Crippen molar-refractivity contribution >= 4 is 46.5 Å². The fourth-order valence-electron chi connectivity index (χ4n) is 3.81. The van der Waals surface area contributed by atoms with Gasteiger partial charge in [0.15, 0.2) is 5.11 Å². The van der Waals surface area contributed by atoms with Gasteiger partial charge in [-0.15, -0.1) is 0 Å². The van der Waals surface area contributed by atoms with Crippen molar-refractivity contribution < 1.29 is 9.53 Å². The van der Waals surface area contributed by atoms with Crippen LogP contribution >= 0.6 is 35.4 Å². The number of carbonyl (C=O) groups is 1. The standard InChI is InChI=1S/C22H20Cl2N4O2S/c1-30-19(29)9-12-28-21(20(26-22(28)31)16-5-2-3-10-25-16)18-6-4-11-27(18)17-8-7-14(23)13-15(17)24/h2-8,10-11,13,20-21H,9,12H2,1H3,(H,26,31)/t20-,21-/m1/s1. The van der Waals surface area contributed by atoms with E-state index in [-0.39, 0.29) is 24.5 Å². The van der Waals surface area contributed by atoms with Gasteiger partial charge in [-0.25, -0.2) is 0 Å². The Balaban J connectivity index is 1.78. The van der Waals surface area contributed by atoms with Gasteiger partial charge < -0.3 is 19.5 Å². The van der Waals surface area contributed by atoms with Crippen LogP contribution in [-0.4, -0.2) is 39.2 Å². The van der Waals surface area contributed by atoms with Gasteiger partial charge >= 0.3 is 5.97 Å². The number of hydrogen-bond acceptors (Lipinski definition) is 4. The second-order valence-electron chi connectivity index (χ2n) is 7.04. The van der Waals surface area contributed by atoms with Crippen LogP contribution in [0.25, 0.3) is 5.69 Å². The van der Waals surface area contributed by atoms with Crippen molar-refractivity contribution in [3.05, 3.63) is 82.4 Å². The molecule has 9 heteroatoms. The second-order valence-corrected chi connectivity index (χ2v) is 8.28. The fourth-order valence-corrected chi connectivity index (χ4v) is 4.64. The normalized spacial score (nSPS) is 18.2. The summed E-state index contributed by atoms with van der Waals surface area (Å²) >= 11 is 18.2. The highest BCUT2D eigenvalue weighted by molar-refractivity contribution is 7.80. The Bertz CT molecular complexity index is 1110. The molecule has 1 saturated heterocycles. The number of halogens is 2. The van der Waals surface area contributed by atoms with Gasteiger partial charge in [-0.2, -0.15) is 0 Å². The van der Waals surface area contributed by atoms with Crippen LogP contribution in [0.15, 0.2) is 60.9 Å². The zero-order chi connectivity index (χ0) is 22.0. The van der Waals surface area contributed by atoms with Gasteiger partial charge in [-0.3, -0.25) is 9.78 Å². The zero-order valence-electron chi connectivity index (χ0n) is 16.7. The third-order valence-corrected chi connectivity index (χ3v) is 6.13. The molecule has 3 aromatic rings. The Morgan fingerprint density at radius 3 is 2.77 bits per heavy atom. The molecule has 2 aromatic heterocycles. The molecule has 31 heavy (non-hydrogen) atoms. The minimum absolute atomic E-state index is 0.203. The first-order valence-electron chi connectivity index (χ1n) is 9.67. The van der Waals surface area contributed by atoms with Crippen LogP contribution in [0.4, 0.5) is 0 Å². The van der Waals surface area contributed by atoms with E-state index in [0.29, 0.717) is 21.7 Å². The van der Waals surface area contributed by atoms with Gasteiger partial charge in [-0.05, 0) is 54.7 Å². The highest BCUT2D eigenvalue weighted by Gasteiger charge is 2.41. The van der Waals surface area contributed by atoms with Crippen LogP contribution < -0.4 is 5.32 Å². The average Bonchev–Trinajstić information content (AvgIpc) is 3.36. The van der Waals surface area contributed by atoms with Crippen molar-refractivity contribution in [2.75, 3.05) is 13.7 Å². The second kappa shape index (κ2) is 9.26. The molecule has 160 valence electrons. The summed E-state index contributed by atoms with van der Waals surface area (Å²) in [6.45, 7) is 0.409. The van der Waals surface area contributed by atoms with Gasteiger partial charge in [-0.1, -0.05) is 29.3 Å². The average molecular weight is 475 g/mol. The SMILES string of the molecule is COC(=O)CCN1C(=S)N[C@H](c2ccccn2)[C@H]1c1cccn1-c1ccc(Cl)cc1Cl. The van der Waals surface area contributed by atoms with E-state index in [1.807, 2.05) is 52.1 Å². The lowest BCUT2D eigenvalue weighted by molar-refractivity contribution is -0.140. The van der Waals surface area contributed by atoms with Crippen LogP contribution in [0.5, 0.6) is 0 Å². The van der Waals surface area contributed by atoms with E-state index >= 15 is 0 Å². The van der Waals surface area contributed by atoms with Gasteiger partial charge in [0.1, 0.15) is 0 Å². The summed E-state index contributed by atoms with van der Waals surface area (Å²) in [4.78, 5) is 18.4. The predicted octanol–water partition coefficient (Wildman–Crippen LogP) is 4.71. The van der Waals surface area contributed by atoms with Crippen LogP contribution in [0, 0.1) is 0 Å². The minimum Gasteiger partial charge on any atom is -0.469 e. The molecule has 6 nitrogen and oxygen atoms in total. The van der Waals surface area contributed by atoms with Crippen molar-refractivity contribution in [2.24, 2.45) is 0 Å². The number of thiocarbonyl (C=S) groups is 1. The van der Waals surface area contributed by atoms with E-state index < -0.39 is 0 Å². The van der Waals surface area contributed by atoms with Crippen LogP contribution in [0.1, 0.15) is 29.9 Å². The number of hydrogen-bond donors (Lipinski definition) is 1. The van der Waals surface area contributed by atoms with E-state index in [2.05, 4.69) is 10.3 Å². The molecule has 2 atom stereocenters. The molecule has 1 aliphatic heterocycles. The lowest BCUT2D eigenvalue weighted by atomic mass is 10.0. The maximum Gasteiger partial charge on any atom is 0.307 e. The molecule has 0 spiro atoms. The molecule has 1 N–H and O–H groups in total. The molecule has 0 radical (unpaired) electrons. The Labute approximate surface area is 195 Å². The molecule has 1 aromatic carbocycles. The molecule has 3 heterocycles. The summed E-state index contributed by atoms with van der Waals surface area (Å²) in [6, 6.07) is 14.7. The summed E-state index contributed by atoms with van der Waals surface area (Å²) in [7, 11) is 1.38. The number of carbonyl (C=O) groups excluding carboxylic acids is 1. The van der Waals surface area contributed by atoms with Crippen LogP contribution in [0.2, 0.25) is 10.0 Å². The van der Waals surface area contributed by atoms with Crippen molar-refractivity contribution in [1.29, 1.82) is 0 Å². The van der Waals surface area contributed by atoms with Gasteiger partial charge in [0.25, 0.3) is 0 Å². The summed E-state index contributed by atoms with van der Waals surface area (Å²) in [5.74, 6) is -0.293. The number of esters is 1. The fraction of sp³-hybridized carbons (Fsp3) is 0.227. The molecule has 4 rings (SSSR count). The lowest BCUT2D eigenvalue weighted by Gasteiger charge is -2.28. The van der Waals surface area contributed by atoms with Crippen LogP contribution in [-0.2, 0) is 9.53 Å². The number of aromatic nitrogens is 2. The number of rotatable bonds is 6. The molecule has 0 saturated carbocycles. The number of benzene rings is 1.